The predicted octanol–water partition coefficient (Wildman–Crippen LogP) is 4.56. The summed E-state index contributed by atoms with van der Waals surface area (Å²) >= 11 is 3.35. The van der Waals surface area contributed by atoms with Crippen LogP contribution in [0.5, 0.6) is 0 Å². The van der Waals surface area contributed by atoms with Crippen molar-refractivity contribution in [1.29, 1.82) is 0 Å². The number of hydrogen-bond acceptors (Lipinski definition) is 3. The Morgan fingerprint density at radius 3 is 2.50 bits per heavy atom. The van der Waals surface area contributed by atoms with Crippen molar-refractivity contribution in [1.82, 2.24) is 5.32 Å². The zero-order chi connectivity index (χ0) is 14.4. The molecule has 20 heavy (non-hydrogen) atoms. The van der Waals surface area contributed by atoms with E-state index in [1.807, 2.05) is 6.07 Å². The number of halogens is 1. The molecule has 1 aromatic rings. The highest BCUT2D eigenvalue weighted by atomic mass is 79.9. The van der Waals surface area contributed by atoms with Crippen LogP contribution >= 0.6 is 15.9 Å². The van der Waals surface area contributed by atoms with Gasteiger partial charge < -0.3 is 5.32 Å². The van der Waals surface area contributed by atoms with E-state index in [2.05, 4.69) is 21.2 Å². The van der Waals surface area contributed by atoms with Gasteiger partial charge in [-0.3, -0.25) is 10.1 Å². The predicted molar refractivity (Wildman–Crippen MR) is 83.7 cm³/mol. The van der Waals surface area contributed by atoms with Gasteiger partial charge in [-0.1, -0.05) is 44.2 Å². The molecule has 1 fully saturated rings. The quantitative estimate of drug-likeness (QED) is 0.645. The number of rotatable bonds is 4. The van der Waals surface area contributed by atoms with Crippen molar-refractivity contribution in [3.63, 3.8) is 0 Å². The molecule has 1 N–H and O–H groups in total. The molecule has 1 saturated carbocycles. The smallest absolute Gasteiger partial charge is 0.283 e. The molecule has 1 aromatic carbocycles. The number of benzene rings is 1. The Hall–Kier alpha value is -0.940. The zero-order valence-corrected chi connectivity index (χ0v) is 13.2. The van der Waals surface area contributed by atoms with Crippen LogP contribution in [0.1, 0.15) is 50.5 Å². The summed E-state index contributed by atoms with van der Waals surface area (Å²) in [4.78, 5) is 10.6. The maximum atomic E-state index is 10.9. The molecule has 0 amide bonds. The van der Waals surface area contributed by atoms with E-state index in [1.54, 1.807) is 6.07 Å². The lowest BCUT2D eigenvalue weighted by molar-refractivity contribution is -0.385. The molecular formula is C15H21BrN2O2. The van der Waals surface area contributed by atoms with Crippen molar-refractivity contribution < 1.29 is 4.92 Å². The summed E-state index contributed by atoms with van der Waals surface area (Å²) in [6.45, 7) is 0.687. The van der Waals surface area contributed by atoms with Gasteiger partial charge in [0, 0.05) is 18.7 Å². The van der Waals surface area contributed by atoms with Gasteiger partial charge >= 0.3 is 0 Å². The summed E-state index contributed by atoms with van der Waals surface area (Å²) in [6.07, 6.45) is 9.03. The normalized spacial score (nSPS) is 17.4. The monoisotopic (exact) mass is 340 g/mol. The lowest BCUT2D eigenvalue weighted by Crippen LogP contribution is -2.29. The highest BCUT2D eigenvalue weighted by molar-refractivity contribution is 9.10. The molecule has 2 rings (SSSR count). The van der Waals surface area contributed by atoms with Crippen molar-refractivity contribution >= 4 is 21.6 Å². The maximum Gasteiger partial charge on any atom is 0.283 e. The van der Waals surface area contributed by atoms with Crippen LogP contribution in [0.4, 0.5) is 5.69 Å². The second-order valence-corrected chi connectivity index (χ2v) is 6.22. The molecular weight excluding hydrogens is 320 g/mol. The molecule has 1 aliphatic carbocycles. The van der Waals surface area contributed by atoms with Crippen molar-refractivity contribution in [2.45, 2.75) is 57.5 Å². The molecule has 0 aromatic heterocycles. The van der Waals surface area contributed by atoms with Gasteiger partial charge in [0.2, 0.25) is 0 Å². The summed E-state index contributed by atoms with van der Waals surface area (Å²) in [7, 11) is 0. The summed E-state index contributed by atoms with van der Waals surface area (Å²) in [6, 6.07) is 5.76. The molecule has 5 heteroatoms. The minimum absolute atomic E-state index is 0.141. The molecule has 1 aliphatic rings. The lowest BCUT2D eigenvalue weighted by atomic mass is 9.96. The molecule has 0 unspecified atom stereocenters. The first-order chi connectivity index (χ1) is 9.68. The summed E-state index contributed by atoms with van der Waals surface area (Å²) in [5.74, 6) is 0. The average Bonchev–Trinajstić information content (AvgIpc) is 2.38. The Bertz CT molecular complexity index is 457. The summed E-state index contributed by atoms with van der Waals surface area (Å²) in [5.41, 5.74) is 1.10. The molecule has 110 valence electrons. The van der Waals surface area contributed by atoms with E-state index in [0.717, 1.165) is 5.56 Å². The molecule has 0 aliphatic heterocycles. The molecule has 0 atom stereocenters. The second-order valence-electron chi connectivity index (χ2n) is 5.43. The van der Waals surface area contributed by atoms with Gasteiger partial charge in [-0.2, -0.15) is 0 Å². The molecule has 0 radical (unpaired) electrons. The highest BCUT2D eigenvalue weighted by Crippen LogP contribution is 2.28. The third-order valence-corrected chi connectivity index (χ3v) is 4.86. The van der Waals surface area contributed by atoms with E-state index in [0.29, 0.717) is 17.1 Å². The van der Waals surface area contributed by atoms with Gasteiger partial charge in [0.15, 0.2) is 0 Å². The Kier molecular flexibility index (Phi) is 5.98. The van der Waals surface area contributed by atoms with E-state index < -0.39 is 0 Å². The van der Waals surface area contributed by atoms with Crippen molar-refractivity contribution in [2.24, 2.45) is 0 Å². The van der Waals surface area contributed by atoms with Crippen LogP contribution in [0.15, 0.2) is 22.7 Å². The Balaban J connectivity index is 1.96. The Morgan fingerprint density at radius 1 is 1.20 bits per heavy atom. The molecule has 4 nitrogen and oxygen atoms in total. The SMILES string of the molecule is O=[N+]([O-])c1cccc(CNC2CCCCCCC2)c1Br. The van der Waals surface area contributed by atoms with Crippen molar-refractivity contribution in [2.75, 3.05) is 0 Å². The fourth-order valence-electron chi connectivity index (χ4n) is 2.76. The van der Waals surface area contributed by atoms with E-state index >= 15 is 0 Å². The topological polar surface area (TPSA) is 55.2 Å². The fraction of sp³-hybridized carbons (Fsp3) is 0.600. The lowest BCUT2D eigenvalue weighted by Gasteiger charge is -2.21. The van der Waals surface area contributed by atoms with Crippen LogP contribution in [0.3, 0.4) is 0 Å². The van der Waals surface area contributed by atoms with Gasteiger partial charge in [-0.15, -0.1) is 0 Å². The van der Waals surface area contributed by atoms with E-state index in [1.165, 1.54) is 51.0 Å². The summed E-state index contributed by atoms with van der Waals surface area (Å²) in [5, 5.41) is 14.5. The molecule has 0 heterocycles. The van der Waals surface area contributed by atoms with Gasteiger partial charge in [-0.25, -0.2) is 0 Å². The third-order valence-electron chi connectivity index (χ3n) is 3.94. The standard InChI is InChI=1S/C15H21BrN2O2/c16-15-12(7-6-10-14(15)18(19)20)11-17-13-8-4-2-1-3-5-9-13/h6-7,10,13,17H,1-5,8-9,11H2. The van der Waals surface area contributed by atoms with Crippen molar-refractivity contribution in [3.05, 3.63) is 38.3 Å². The average molecular weight is 341 g/mol. The number of nitrogens with zero attached hydrogens (tertiary/aromatic N) is 1. The van der Waals surface area contributed by atoms with Crippen LogP contribution < -0.4 is 5.32 Å². The Morgan fingerprint density at radius 2 is 1.85 bits per heavy atom. The largest absolute Gasteiger partial charge is 0.310 e. The zero-order valence-electron chi connectivity index (χ0n) is 11.6. The van der Waals surface area contributed by atoms with Crippen LogP contribution in [0.25, 0.3) is 0 Å². The first-order valence-electron chi connectivity index (χ1n) is 7.33. The maximum absolute atomic E-state index is 10.9. The van der Waals surface area contributed by atoms with Gasteiger partial charge in [-0.05, 0) is 34.3 Å². The first-order valence-corrected chi connectivity index (χ1v) is 8.13. The second kappa shape index (κ2) is 7.74. The highest BCUT2D eigenvalue weighted by Gasteiger charge is 2.16. The van der Waals surface area contributed by atoms with Crippen LogP contribution in [-0.4, -0.2) is 11.0 Å². The van der Waals surface area contributed by atoms with Crippen LogP contribution in [0, 0.1) is 10.1 Å². The van der Waals surface area contributed by atoms with E-state index in [4.69, 9.17) is 0 Å². The first kappa shape index (κ1) is 15.4. The number of nitrogens with one attached hydrogen (secondary N) is 1. The summed E-state index contributed by atoms with van der Waals surface area (Å²) < 4.78 is 0.600. The fourth-order valence-corrected chi connectivity index (χ4v) is 3.31. The van der Waals surface area contributed by atoms with Crippen LogP contribution in [0.2, 0.25) is 0 Å². The van der Waals surface area contributed by atoms with Gasteiger partial charge in [0.25, 0.3) is 5.69 Å². The molecule has 0 saturated heterocycles. The van der Waals surface area contributed by atoms with Crippen molar-refractivity contribution in [3.8, 4) is 0 Å². The number of nitro benzene ring substituents is 1. The number of nitro groups is 1. The van der Waals surface area contributed by atoms with Gasteiger partial charge in [0.05, 0.1) is 9.40 Å². The van der Waals surface area contributed by atoms with Crippen LogP contribution in [-0.2, 0) is 6.54 Å². The minimum Gasteiger partial charge on any atom is -0.310 e. The van der Waals surface area contributed by atoms with E-state index in [-0.39, 0.29) is 10.6 Å². The molecule has 0 spiro atoms. The number of hydrogen-bond donors (Lipinski definition) is 1. The minimum atomic E-state index is -0.344. The third kappa shape index (κ3) is 4.28. The van der Waals surface area contributed by atoms with Gasteiger partial charge in [0.1, 0.15) is 0 Å². The molecule has 0 bridgehead atoms. The Labute approximate surface area is 128 Å². The van der Waals surface area contributed by atoms with E-state index in [9.17, 15) is 10.1 Å².